The molecule has 1 aromatic heterocycles. The minimum Gasteiger partial charge on any atom is -0.376 e. The van der Waals surface area contributed by atoms with E-state index in [1.807, 2.05) is 0 Å². The molecule has 4 nitrogen and oxygen atoms in total. The lowest BCUT2D eigenvalue weighted by atomic mass is 10.0. The number of benzene rings is 3. The van der Waals surface area contributed by atoms with Crippen LogP contribution in [0.15, 0.2) is 72.8 Å². The summed E-state index contributed by atoms with van der Waals surface area (Å²) < 4.78 is 81.0. The molecule has 1 N–H and O–H groups in total. The van der Waals surface area contributed by atoms with Gasteiger partial charge in [0.2, 0.25) is 0 Å². The van der Waals surface area contributed by atoms with Gasteiger partial charge in [-0.1, -0.05) is 71.3 Å². The van der Waals surface area contributed by atoms with Crippen LogP contribution in [0.5, 0.6) is 0 Å². The minimum atomic E-state index is -4.98. The number of hydrogen-bond acceptors (Lipinski definition) is 3. The van der Waals surface area contributed by atoms with Crippen LogP contribution in [-0.4, -0.2) is 20.1 Å². The first kappa shape index (κ1) is 26.3. The zero-order valence-corrected chi connectivity index (χ0v) is 19.4. The predicted molar refractivity (Wildman–Crippen MR) is 124 cm³/mol. The molecule has 11 heteroatoms. The number of nitrogens with zero attached hydrogens (tertiary/aromatic N) is 3. The fraction of sp³-hybridized carbons (Fsp3) is 0.154. The molecule has 0 fully saturated rings. The number of rotatable bonds is 4. The highest BCUT2D eigenvalue weighted by Gasteiger charge is 2.37. The topological polar surface area (TPSA) is 50.9 Å². The smallest absolute Gasteiger partial charge is 0.376 e. The van der Waals surface area contributed by atoms with E-state index >= 15 is 0 Å². The summed E-state index contributed by atoms with van der Waals surface area (Å²) in [5.74, 6) is 5.31. The monoisotopic (exact) mass is 535 g/mol. The van der Waals surface area contributed by atoms with Gasteiger partial charge in [-0.2, -0.15) is 26.3 Å². The number of halogens is 7. The summed E-state index contributed by atoms with van der Waals surface area (Å²) in [6, 6.07) is 16.3. The van der Waals surface area contributed by atoms with E-state index in [1.54, 1.807) is 54.6 Å². The highest BCUT2D eigenvalue weighted by molar-refractivity contribution is 6.31. The van der Waals surface area contributed by atoms with Gasteiger partial charge in [-0.25, -0.2) is 4.68 Å². The van der Waals surface area contributed by atoms with Crippen LogP contribution in [-0.2, 0) is 18.9 Å². The van der Waals surface area contributed by atoms with E-state index < -0.39 is 36.1 Å². The second-order valence-electron chi connectivity index (χ2n) is 7.92. The third-order valence-corrected chi connectivity index (χ3v) is 5.63. The molecular formula is C26H16ClF6N3O. The predicted octanol–water partition coefficient (Wildman–Crippen LogP) is 6.77. The average molecular weight is 536 g/mol. The van der Waals surface area contributed by atoms with Crippen LogP contribution in [0, 0.1) is 11.8 Å². The molecule has 1 heterocycles. The van der Waals surface area contributed by atoms with Gasteiger partial charge in [0.05, 0.1) is 17.7 Å². The first-order valence-corrected chi connectivity index (χ1v) is 11.0. The lowest BCUT2D eigenvalue weighted by molar-refractivity contribution is -0.143. The molecule has 0 aliphatic rings. The second kappa shape index (κ2) is 10.3. The van der Waals surface area contributed by atoms with E-state index in [0.29, 0.717) is 28.3 Å². The van der Waals surface area contributed by atoms with Gasteiger partial charge >= 0.3 is 12.4 Å². The standard InChI is InChI=1S/C26H16ClF6N3O/c27-21-9-5-4-8-20(21)23(37)11-10-22-24(17-6-2-1-3-7-17)36(35-34-22)15-16-12-18(25(28,29)30)14-19(13-16)26(31,32)33/h1-9,12-14,23,37H,15H2. The molecule has 0 saturated heterocycles. The summed E-state index contributed by atoms with van der Waals surface area (Å²) in [5, 5.41) is 18.7. The fourth-order valence-corrected chi connectivity index (χ4v) is 3.82. The van der Waals surface area contributed by atoms with Gasteiger partial charge in [0.25, 0.3) is 0 Å². The molecule has 0 radical (unpaired) electrons. The van der Waals surface area contributed by atoms with Crippen LogP contribution in [0.3, 0.4) is 0 Å². The molecule has 4 aromatic rings. The van der Waals surface area contributed by atoms with Crippen LogP contribution in [0.25, 0.3) is 11.3 Å². The lowest BCUT2D eigenvalue weighted by Gasteiger charge is -2.15. The molecule has 3 aromatic carbocycles. The molecular weight excluding hydrogens is 520 g/mol. The maximum Gasteiger partial charge on any atom is 0.416 e. The van der Waals surface area contributed by atoms with Crippen molar-refractivity contribution < 1.29 is 31.4 Å². The van der Waals surface area contributed by atoms with Crippen molar-refractivity contribution >= 4 is 11.6 Å². The van der Waals surface area contributed by atoms with Crippen molar-refractivity contribution in [2.75, 3.05) is 0 Å². The van der Waals surface area contributed by atoms with E-state index in [9.17, 15) is 31.4 Å². The van der Waals surface area contributed by atoms with Gasteiger partial charge in [0.1, 0.15) is 11.8 Å². The van der Waals surface area contributed by atoms with Gasteiger partial charge in [-0.05, 0) is 35.7 Å². The van der Waals surface area contributed by atoms with Crippen molar-refractivity contribution in [3.05, 3.63) is 106 Å². The molecule has 0 bridgehead atoms. The molecule has 0 aliphatic heterocycles. The van der Waals surface area contributed by atoms with Crippen molar-refractivity contribution in [2.24, 2.45) is 0 Å². The number of alkyl halides is 6. The summed E-state index contributed by atoms with van der Waals surface area (Å²) in [5.41, 5.74) is -1.94. The van der Waals surface area contributed by atoms with E-state index in [4.69, 9.17) is 11.6 Å². The van der Waals surface area contributed by atoms with Crippen molar-refractivity contribution in [1.29, 1.82) is 0 Å². The van der Waals surface area contributed by atoms with E-state index in [0.717, 1.165) is 4.68 Å². The fourth-order valence-electron chi connectivity index (χ4n) is 3.58. The van der Waals surface area contributed by atoms with E-state index in [1.165, 1.54) is 0 Å². The Balaban J connectivity index is 1.78. The third kappa shape index (κ3) is 6.13. The summed E-state index contributed by atoms with van der Waals surface area (Å²) in [4.78, 5) is 0. The molecule has 4 rings (SSSR count). The van der Waals surface area contributed by atoms with Crippen molar-refractivity contribution in [3.8, 4) is 23.1 Å². The molecule has 37 heavy (non-hydrogen) atoms. The second-order valence-corrected chi connectivity index (χ2v) is 8.33. The number of aliphatic hydroxyl groups is 1. The maximum atomic E-state index is 13.3. The van der Waals surface area contributed by atoms with Crippen LogP contribution < -0.4 is 0 Å². The Kier molecular flexibility index (Phi) is 7.30. The Morgan fingerprint density at radius 3 is 2.05 bits per heavy atom. The van der Waals surface area contributed by atoms with Crippen molar-refractivity contribution in [3.63, 3.8) is 0 Å². The SMILES string of the molecule is OC(C#Cc1nnn(Cc2cc(C(F)(F)F)cc(C(F)(F)F)c2)c1-c1ccccc1)c1ccccc1Cl. The summed E-state index contributed by atoms with van der Waals surface area (Å²) in [6.07, 6.45) is -11.2. The highest BCUT2D eigenvalue weighted by atomic mass is 35.5. The maximum absolute atomic E-state index is 13.3. The highest BCUT2D eigenvalue weighted by Crippen LogP contribution is 2.37. The Labute approximate surface area is 212 Å². The van der Waals surface area contributed by atoms with Gasteiger partial charge in [-0.15, -0.1) is 5.10 Å². The Hall–Kier alpha value is -3.81. The van der Waals surface area contributed by atoms with Crippen LogP contribution in [0.1, 0.15) is 34.1 Å². The lowest BCUT2D eigenvalue weighted by Crippen LogP contribution is -2.13. The molecule has 190 valence electrons. The van der Waals surface area contributed by atoms with Crippen LogP contribution >= 0.6 is 11.6 Å². The molecule has 0 aliphatic carbocycles. The molecule has 0 amide bonds. The largest absolute Gasteiger partial charge is 0.416 e. The third-order valence-electron chi connectivity index (χ3n) is 5.29. The van der Waals surface area contributed by atoms with E-state index in [-0.39, 0.29) is 23.0 Å². The quantitative estimate of drug-likeness (QED) is 0.232. The Bertz CT molecular complexity index is 1440. The number of aromatic nitrogens is 3. The average Bonchev–Trinajstić information content (AvgIpc) is 3.24. The van der Waals surface area contributed by atoms with Gasteiger partial charge < -0.3 is 5.11 Å². The number of aliphatic hydroxyl groups excluding tert-OH is 1. The zero-order chi connectivity index (χ0) is 26.8. The van der Waals surface area contributed by atoms with Crippen LogP contribution in [0.2, 0.25) is 5.02 Å². The summed E-state index contributed by atoms with van der Waals surface area (Å²) in [7, 11) is 0. The van der Waals surface area contributed by atoms with E-state index in [2.05, 4.69) is 22.2 Å². The molecule has 1 atom stereocenters. The summed E-state index contributed by atoms with van der Waals surface area (Å²) >= 11 is 6.09. The van der Waals surface area contributed by atoms with Gasteiger partial charge in [-0.3, -0.25) is 0 Å². The Morgan fingerprint density at radius 2 is 1.46 bits per heavy atom. The van der Waals surface area contributed by atoms with Crippen molar-refractivity contribution in [1.82, 2.24) is 15.0 Å². The molecule has 0 saturated carbocycles. The summed E-state index contributed by atoms with van der Waals surface area (Å²) in [6.45, 7) is -0.445. The van der Waals surface area contributed by atoms with Crippen LogP contribution in [0.4, 0.5) is 26.3 Å². The Morgan fingerprint density at radius 1 is 0.865 bits per heavy atom. The first-order chi connectivity index (χ1) is 17.4. The first-order valence-electron chi connectivity index (χ1n) is 10.6. The normalized spacial score (nSPS) is 12.6. The molecule has 1 unspecified atom stereocenters. The van der Waals surface area contributed by atoms with Gasteiger partial charge in [0, 0.05) is 16.1 Å². The number of hydrogen-bond donors (Lipinski definition) is 1. The zero-order valence-electron chi connectivity index (χ0n) is 18.6. The van der Waals surface area contributed by atoms with Crippen molar-refractivity contribution in [2.45, 2.75) is 25.0 Å². The molecule has 0 spiro atoms. The van der Waals surface area contributed by atoms with Gasteiger partial charge in [0.15, 0.2) is 5.69 Å². The minimum absolute atomic E-state index is 0.0654.